The standard InChI is InChI=1S/C15H26N4/c1-18-9-14(8-17-18)15(16)11-19-7-6-12-4-2-3-5-13(12)10-19/h8-9,12-13,15H,2-7,10-11,16H2,1H3. The van der Waals surface area contributed by atoms with Crippen molar-refractivity contribution < 1.29 is 0 Å². The van der Waals surface area contributed by atoms with Gasteiger partial charge in [0.1, 0.15) is 0 Å². The molecule has 3 rings (SSSR count). The molecular formula is C15H26N4. The van der Waals surface area contributed by atoms with Crippen molar-refractivity contribution in [3.8, 4) is 0 Å². The van der Waals surface area contributed by atoms with E-state index in [1.165, 1.54) is 45.2 Å². The highest BCUT2D eigenvalue weighted by atomic mass is 15.2. The summed E-state index contributed by atoms with van der Waals surface area (Å²) in [5, 5.41) is 4.21. The van der Waals surface area contributed by atoms with Gasteiger partial charge in [-0.3, -0.25) is 4.68 Å². The molecule has 1 aromatic heterocycles. The number of aromatic nitrogens is 2. The van der Waals surface area contributed by atoms with Crippen LogP contribution in [0.5, 0.6) is 0 Å². The number of rotatable bonds is 3. The molecule has 2 aliphatic rings. The zero-order chi connectivity index (χ0) is 13.2. The van der Waals surface area contributed by atoms with Gasteiger partial charge < -0.3 is 10.6 Å². The number of aryl methyl sites for hydroxylation is 1. The Morgan fingerprint density at radius 2 is 2.11 bits per heavy atom. The highest BCUT2D eigenvalue weighted by Crippen LogP contribution is 2.36. The number of hydrogen-bond donors (Lipinski definition) is 1. The number of fused-ring (bicyclic) bond motifs is 1. The molecule has 4 nitrogen and oxygen atoms in total. The first-order valence-corrected chi connectivity index (χ1v) is 7.69. The minimum absolute atomic E-state index is 0.105. The van der Waals surface area contributed by atoms with Gasteiger partial charge in [0.05, 0.1) is 6.20 Å². The third-order valence-electron chi connectivity index (χ3n) is 4.98. The third kappa shape index (κ3) is 3.00. The van der Waals surface area contributed by atoms with Crippen molar-refractivity contribution >= 4 is 0 Å². The lowest BCUT2D eigenvalue weighted by Gasteiger charge is -2.42. The van der Waals surface area contributed by atoms with E-state index >= 15 is 0 Å². The SMILES string of the molecule is Cn1cc(C(N)CN2CCC3CCCCC3C2)cn1. The molecule has 3 atom stereocenters. The van der Waals surface area contributed by atoms with E-state index in [1.54, 1.807) is 0 Å². The fraction of sp³-hybridized carbons (Fsp3) is 0.800. The molecule has 19 heavy (non-hydrogen) atoms. The fourth-order valence-corrected chi connectivity index (χ4v) is 3.86. The average Bonchev–Trinajstić information content (AvgIpc) is 2.85. The van der Waals surface area contributed by atoms with Crippen molar-refractivity contribution in [3.05, 3.63) is 18.0 Å². The van der Waals surface area contributed by atoms with Crippen LogP contribution in [0.25, 0.3) is 0 Å². The Morgan fingerprint density at radius 3 is 2.84 bits per heavy atom. The van der Waals surface area contributed by atoms with Crippen LogP contribution in [-0.2, 0) is 7.05 Å². The van der Waals surface area contributed by atoms with Crippen molar-refractivity contribution in [2.24, 2.45) is 24.6 Å². The fourth-order valence-electron chi connectivity index (χ4n) is 3.86. The van der Waals surface area contributed by atoms with Gasteiger partial charge in [-0.05, 0) is 31.2 Å². The lowest BCUT2D eigenvalue weighted by molar-refractivity contribution is 0.0828. The van der Waals surface area contributed by atoms with Crippen LogP contribution in [0.15, 0.2) is 12.4 Å². The van der Waals surface area contributed by atoms with Gasteiger partial charge in [0.25, 0.3) is 0 Å². The zero-order valence-electron chi connectivity index (χ0n) is 12.0. The maximum absolute atomic E-state index is 6.31. The Morgan fingerprint density at radius 1 is 1.32 bits per heavy atom. The summed E-state index contributed by atoms with van der Waals surface area (Å²) < 4.78 is 1.84. The van der Waals surface area contributed by atoms with Crippen molar-refractivity contribution in [2.45, 2.75) is 38.1 Å². The monoisotopic (exact) mass is 262 g/mol. The van der Waals surface area contributed by atoms with Gasteiger partial charge in [-0.2, -0.15) is 5.10 Å². The molecule has 3 unspecified atom stereocenters. The number of nitrogens with two attached hydrogens (primary N) is 1. The first-order chi connectivity index (χ1) is 9.22. The lowest BCUT2D eigenvalue weighted by Crippen LogP contribution is -2.44. The summed E-state index contributed by atoms with van der Waals surface area (Å²) in [6.07, 6.45) is 11.1. The molecule has 1 saturated carbocycles. The quantitative estimate of drug-likeness (QED) is 0.905. The molecule has 2 heterocycles. The molecule has 0 radical (unpaired) electrons. The summed E-state index contributed by atoms with van der Waals surface area (Å²) in [5.74, 6) is 1.93. The van der Waals surface area contributed by atoms with E-state index < -0.39 is 0 Å². The van der Waals surface area contributed by atoms with Crippen LogP contribution >= 0.6 is 0 Å². The van der Waals surface area contributed by atoms with Gasteiger partial charge >= 0.3 is 0 Å². The van der Waals surface area contributed by atoms with Crippen LogP contribution in [0, 0.1) is 11.8 Å². The maximum Gasteiger partial charge on any atom is 0.0537 e. The molecule has 2 fully saturated rings. The van der Waals surface area contributed by atoms with Crippen molar-refractivity contribution in [1.82, 2.24) is 14.7 Å². The molecule has 4 heteroatoms. The Balaban J connectivity index is 1.55. The summed E-state index contributed by atoms with van der Waals surface area (Å²) in [4.78, 5) is 2.57. The molecule has 0 aromatic carbocycles. The van der Waals surface area contributed by atoms with E-state index in [1.807, 2.05) is 24.1 Å². The minimum atomic E-state index is 0.105. The third-order valence-corrected chi connectivity index (χ3v) is 4.98. The second-order valence-electron chi connectivity index (χ2n) is 6.41. The molecule has 1 aromatic rings. The second-order valence-corrected chi connectivity index (χ2v) is 6.41. The molecule has 0 spiro atoms. The van der Waals surface area contributed by atoms with Gasteiger partial charge in [-0.1, -0.05) is 19.3 Å². The predicted octanol–water partition coefficient (Wildman–Crippen LogP) is 1.93. The van der Waals surface area contributed by atoms with Gasteiger partial charge in [0, 0.05) is 37.9 Å². The van der Waals surface area contributed by atoms with Crippen LogP contribution in [0.4, 0.5) is 0 Å². The number of piperidine rings is 1. The van der Waals surface area contributed by atoms with Gasteiger partial charge in [0.15, 0.2) is 0 Å². The normalized spacial score (nSPS) is 30.0. The highest BCUT2D eigenvalue weighted by molar-refractivity contribution is 5.10. The van der Waals surface area contributed by atoms with Gasteiger partial charge in [-0.25, -0.2) is 0 Å². The van der Waals surface area contributed by atoms with Gasteiger partial charge in [-0.15, -0.1) is 0 Å². The minimum Gasteiger partial charge on any atom is -0.323 e. The number of nitrogens with zero attached hydrogens (tertiary/aromatic N) is 3. The van der Waals surface area contributed by atoms with Crippen LogP contribution in [-0.4, -0.2) is 34.3 Å². The van der Waals surface area contributed by atoms with E-state index in [0.29, 0.717) is 0 Å². The molecule has 106 valence electrons. The van der Waals surface area contributed by atoms with E-state index in [0.717, 1.165) is 23.9 Å². The van der Waals surface area contributed by atoms with Crippen molar-refractivity contribution in [2.75, 3.05) is 19.6 Å². The van der Waals surface area contributed by atoms with E-state index in [9.17, 15) is 0 Å². The number of hydrogen-bond acceptors (Lipinski definition) is 3. The van der Waals surface area contributed by atoms with Crippen molar-refractivity contribution in [1.29, 1.82) is 0 Å². The van der Waals surface area contributed by atoms with E-state index in [-0.39, 0.29) is 6.04 Å². The van der Waals surface area contributed by atoms with Gasteiger partial charge in [0.2, 0.25) is 0 Å². The lowest BCUT2D eigenvalue weighted by atomic mass is 9.75. The molecule has 0 amide bonds. The van der Waals surface area contributed by atoms with Crippen molar-refractivity contribution in [3.63, 3.8) is 0 Å². The molecule has 0 bridgehead atoms. The largest absolute Gasteiger partial charge is 0.323 e. The highest BCUT2D eigenvalue weighted by Gasteiger charge is 2.31. The Labute approximate surface area is 116 Å². The average molecular weight is 262 g/mol. The Hall–Kier alpha value is -0.870. The van der Waals surface area contributed by atoms with Crippen LogP contribution in [0.2, 0.25) is 0 Å². The summed E-state index contributed by atoms with van der Waals surface area (Å²) in [7, 11) is 1.95. The molecule has 1 saturated heterocycles. The summed E-state index contributed by atoms with van der Waals surface area (Å²) >= 11 is 0. The maximum atomic E-state index is 6.31. The predicted molar refractivity (Wildman–Crippen MR) is 76.6 cm³/mol. The van der Waals surface area contributed by atoms with Crippen LogP contribution < -0.4 is 5.73 Å². The summed E-state index contributed by atoms with van der Waals surface area (Å²) in [6.45, 7) is 3.47. The first kappa shape index (κ1) is 13.1. The molecule has 1 aliphatic heterocycles. The van der Waals surface area contributed by atoms with E-state index in [4.69, 9.17) is 5.73 Å². The Kier molecular flexibility index (Phi) is 3.89. The van der Waals surface area contributed by atoms with Crippen LogP contribution in [0.3, 0.4) is 0 Å². The van der Waals surface area contributed by atoms with Crippen LogP contribution in [0.1, 0.15) is 43.7 Å². The first-order valence-electron chi connectivity index (χ1n) is 7.69. The number of likely N-dealkylation sites (tertiary alicyclic amines) is 1. The molecule has 1 aliphatic carbocycles. The molecular weight excluding hydrogens is 236 g/mol. The Bertz CT molecular complexity index is 414. The topological polar surface area (TPSA) is 47.1 Å². The second kappa shape index (κ2) is 5.63. The summed E-state index contributed by atoms with van der Waals surface area (Å²) in [5.41, 5.74) is 7.47. The molecule has 2 N–H and O–H groups in total. The zero-order valence-corrected chi connectivity index (χ0v) is 12.0. The van der Waals surface area contributed by atoms with E-state index in [2.05, 4.69) is 10.00 Å². The smallest absolute Gasteiger partial charge is 0.0537 e. The summed E-state index contributed by atoms with van der Waals surface area (Å²) in [6, 6.07) is 0.105.